The molecule has 2 amide bonds. The molecule has 27 heavy (non-hydrogen) atoms. The van der Waals surface area contributed by atoms with Crippen LogP contribution < -0.4 is 5.32 Å². The first-order chi connectivity index (χ1) is 12.8. The molecule has 1 aromatic heterocycles. The van der Waals surface area contributed by atoms with Crippen molar-refractivity contribution in [3.05, 3.63) is 52.4 Å². The predicted octanol–water partition coefficient (Wildman–Crippen LogP) is 2.99. The highest BCUT2D eigenvalue weighted by molar-refractivity contribution is 7.91. The van der Waals surface area contributed by atoms with E-state index in [-0.39, 0.29) is 36.4 Å². The Morgan fingerprint density at radius 2 is 1.70 bits per heavy atom. The fraction of sp³-hybridized carbons (Fsp3) is 0.368. The van der Waals surface area contributed by atoms with Gasteiger partial charge in [-0.2, -0.15) is 0 Å². The third-order valence-corrected chi connectivity index (χ3v) is 7.03. The zero-order valence-electron chi connectivity index (χ0n) is 15.3. The van der Waals surface area contributed by atoms with Crippen LogP contribution >= 0.6 is 11.3 Å². The van der Waals surface area contributed by atoms with E-state index in [1.54, 1.807) is 23.6 Å². The molecule has 3 rings (SSSR count). The minimum absolute atomic E-state index is 0.0211. The molecule has 0 radical (unpaired) electrons. The number of anilines is 1. The Morgan fingerprint density at radius 1 is 1.07 bits per heavy atom. The Balaban J connectivity index is 1.71. The maximum Gasteiger partial charge on any atom is 0.256 e. The molecule has 0 atom stereocenters. The molecule has 144 valence electrons. The van der Waals surface area contributed by atoms with Crippen LogP contribution in [0, 0.1) is 0 Å². The number of carbonyl (C=O) groups is 2. The normalized spacial score (nSPS) is 16.3. The van der Waals surface area contributed by atoms with Crippen LogP contribution in [0.4, 0.5) is 5.00 Å². The first-order valence-corrected chi connectivity index (χ1v) is 11.5. The van der Waals surface area contributed by atoms with Gasteiger partial charge in [0.05, 0.1) is 17.1 Å². The van der Waals surface area contributed by atoms with E-state index < -0.39 is 9.84 Å². The van der Waals surface area contributed by atoms with E-state index in [0.29, 0.717) is 22.0 Å². The second-order valence-electron chi connectivity index (χ2n) is 6.84. The van der Waals surface area contributed by atoms with E-state index in [4.69, 9.17) is 0 Å². The molecule has 2 aromatic rings. The highest BCUT2D eigenvalue weighted by atomic mass is 32.2. The average Bonchev–Trinajstić information content (AvgIpc) is 3.09. The second-order valence-corrected chi connectivity index (χ2v) is 10.1. The topological polar surface area (TPSA) is 83.6 Å². The Morgan fingerprint density at radius 3 is 2.30 bits per heavy atom. The third-order valence-electron chi connectivity index (χ3n) is 4.59. The van der Waals surface area contributed by atoms with Gasteiger partial charge < -0.3 is 10.2 Å². The molecule has 0 saturated carbocycles. The molecule has 0 spiro atoms. The zero-order valence-corrected chi connectivity index (χ0v) is 16.9. The lowest BCUT2D eigenvalue weighted by molar-refractivity contribution is 0.0772. The smallest absolute Gasteiger partial charge is 0.256 e. The largest absolute Gasteiger partial charge is 0.337 e. The minimum Gasteiger partial charge on any atom is -0.337 e. The Labute approximate surface area is 163 Å². The van der Waals surface area contributed by atoms with Gasteiger partial charge in [0, 0.05) is 18.7 Å². The highest BCUT2D eigenvalue weighted by Gasteiger charge is 2.27. The average molecular weight is 407 g/mol. The summed E-state index contributed by atoms with van der Waals surface area (Å²) in [5, 5.41) is 5.03. The summed E-state index contributed by atoms with van der Waals surface area (Å²) in [5.74, 6) is -0.184. The van der Waals surface area contributed by atoms with Crippen molar-refractivity contribution >= 4 is 38.0 Å². The summed E-state index contributed by atoms with van der Waals surface area (Å²) in [4.78, 5) is 26.8. The van der Waals surface area contributed by atoms with Crippen molar-refractivity contribution in [1.82, 2.24) is 4.90 Å². The lowest BCUT2D eigenvalue weighted by Crippen LogP contribution is -2.43. The van der Waals surface area contributed by atoms with Crippen LogP contribution in [0.2, 0.25) is 0 Å². The number of nitrogens with one attached hydrogen (secondary N) is 1. The fourth-order valence-electron chi connectivity index (χ4n) is 2.86. The molecule has 0 bridgehead atoms. The maximum absolute atomic E-state index is 12.7. The number of amides is 2. The lowest BCUT2D eigenvalue weighted by Gasteiger charge is -2.26. The van der Waals surface area contributed by atoms with Gasteiger partial charge in [-0.3, -0.25) is 9.59 Å². The van der Waals surface area contributed by atoms with Crippen molar-refractivity contribution in [3.63, 3.8) is 0 Å². The maximum atomic E-state index is 12.7. The standard InChI is InChI=1S/C19H22N2O4S2/c1-13(2)14-3-5-15(6-4-14)17(22)20-18-16(7-10-26-18)19(23)21-8-11-27(24,25)12-9-21/h3-7,10,13H,8-9,11-12H2,1-2H3,(H,20,22). The number of thiophene rings is 1. The van der Waals surface area contributed by atoms with E-state index in [2.05, 4.69) is 19.2 Å². The van der Waals surface area contributed by atoms with Crippen LogP contribution in [-0.2, 0) is 9.84 Å². The van der Waals surface area contributed by atoms with Gasteiger partial charge in [-0.25, -0.2) is 8.42 Å². The van der Waals surface area contributed by atoms with Gasteiger partial charge in [0.2, 0.25) is 0 Å². The molecular weight excluding hydrogens is 384 g/mol. The van der Waals surface area contributed by atoms with Crippen LogP contribution in [0.3, 0.4) is 0 Å². The second kappa shape index (κ2) is 7.82. The molecule has 8 heteroatoms. The molecule has 1 fully saturated rings. The molecule has 1 aliphatic heterocycles. The molecule has 1 N–H and O–H groups in total. The Bertz CT molecular complexity index is 932. The van der Waals surface area contributed by atoms with Gasteiger partial charge >= 0.3 is 0 Å². The van der Waals surface area contributed by atoms with E-state index in [1.165, 1.54) is 16.2 Å². The van der Waals surface area contributed by atoms with Gasteiger partial charge in [0.25, 0.3) is 11.8 Å². The molecule has 2 heterocycles. The van der Waals surface area contributed by atoms with Crippen molar-refractivity contribution in [2.45, 2.75) is 19.8 Å². The van der Waals surface area contributed by atoms with Gasteiger partial charge in [0.15, 0.2) is 9.84 Å². The zero-order chi connectivity index (χ0) is 19.6. The van der Waals surface area contributed by atoms with Gasteiger partial charge in [-0.1, -0.05) is 26.0 Å². The molecule has 0 unspecified atom stereocenters. The summed E-state index contributed by atoms with van der Waals surface area (Å²) >= 11 is 1.28. The lowest BCUT2D eigenvalue weighted by atomic mass is 10.0. The fourth-order valence-corrected chi connectivity index (χ4v) is 4.83. The summed E-state index contributed by atoms with van der Waals surface area (Å²) in [7, 11) is -3.05. The number of benzene rings is 1. The highest BCUT2D eigenvalue weighted by Crippen LogP contribution is 2.26. The minimum atomic E-state index is -3.05. The summed E-state index contributed by atoms with van der Waals surface area (Å²) < 4.78 is 23.1. The van der Waals surface area contributed by atoms with Crippen molar-refractivity contribution in [2.75, 3.05) is 29.9 Å². The predicted molar refractivity (Wildman–Crippen MR) is 107 cm³/mol. The van der Waals surface area contributed by atoms with E-state index in [0.717, 1.165) is 5.56 Å². The van der Waals surface area contributed by atoms with E-state index >= 15 is 0 Å². The van der Waals surface area contributed by atoms with E-state index in [1.807, 2.05) is 12.1 Å². The molecule has 1 saturated heterocycles. The molecular formula is C19H22N2O4S2. The monoisotopic (exact) mass is 406 g/mol. The quantitative estimate of drug-likeness (QED) is 0.846. The van der Waals surface area contributed by atoms with Crippen LogP contribution in [0.1, 0.15) is 46.0 Å². The van der Waals surface area contributed by atoms with Gasteiger partial charge in [-0.15, -0.1) is 11.3 Å². The number of hydrogen-bond acceptors (Lipinski definition) is 5. The van der Waals surface area contributed by atoms with Gasteiger partial charge in [-0.05, 0) is 35.1 Å². The first-order valence-electron chi connectivity index (χ1n) is 8.75. The number of nitrogens with zero attached hydrogens (tertiary/aromatic N) is 1. The summed E-state index contributed by atoms with van der Waals surface area (Å²) in [6.45, 7) is 4.54. The molecule has 1 aliphatic rings. The first kappa shape index (κ1) is 19.6. The van der Waals surface area contributed by atoms with Crippen molar-refractivity contribution < 1.29 is 18.0 Å². The summed E-state index contributed by atoms with van der Waals surface area (Å²) in [6, 6.07) is 9.06. The van der Waals surface area contributed by atoms with Crippen LogP contribution in [0.25, 0.3) is 0 Å². The van der Waals surface area contributed by atoms with Gasteiger partial charge in [0.1, 0.15) is 5.00 Å². The SMILES string of the molecule is CC(C)c1ccc(C(=O)Nc2sccc2C(=O)N2CCS(=O)(=O)CC2)cc1. The van der Waals surface area contributed by atoms with Crippen molar-refractivity contribution in [3.8, 4) is 0 Å². The summed E-state index contributed by atoms with van der Waals surface area (Å²) in [6.07, 6.45) is 0. The molecule has 1 aromatic carbocycles. The van der Waals surface area contributed by atoms with Crippen LogP contribution in [-0.4, -0.2) is 49.7 Å². The van der Waals surface area contributed by atoms with Crippen molar-refractivity contribution in [1.29, 1.82) is 0 Å². The molecule has 6 nitrogen and oxygen atoms in total. The number of rotatable bonds is 4. The number of hydrogen-bond donors (Lipinski definition) is 1. The number of sulfone groups is 1. The Hall–Kier alpha value is -2.19. The van der Waals surface area contributed by atoms with E-state index in [9.17, 15) is 18.0 Å². The Kier molecular flexibility index (Phi) is 5.67. The third kappa shape index (κ3) is 4.56. The van der Waals surface area contributed by atoms with Crippen LogP contribution in [0.5, 0.6) is 0 Å². The summed E-state index contributed by atoms with van der Waals surface area (Å²) in [5.41, 5.74) is 2.07. The molecule has 0 aliphatic carbocycles. The number of carbonyl (C=O) groups excluding carboxylic acids is 2. The van der Waals surface area contributed by atoms with Crippen molar-refractivity contribution in [2.24, 2.45) is 0 Å². The van der Waals surface area contributed by atoms with Crippen LogP contribution in [0.15, 0.2) is 35.7 Å².